The molecule has 13 heavy (non-hydrogen) atoms. The van der Waals surface area contributed by atoms with Crippen molar-refractivity contribution in [3.8, 4) is 11.5 Å². The minimum absolute atomic E-state index is 0.202. The maximum atomic E-state index is 5.48. The van der Waals surface area contributed by atoms with Gasteiger partial charge in [-0.1, -0.05) is 0 Å². The second-order valence-electron chi connectivity index (χ2n) is 2.52. The highest BCUT2D eigenvalue weighted by atomic mass is 15.3. The van der Waals surface area contributed by atoms with Gasteiger partial charge in [0, 0.05) is 0 Å². The Bertz CT molecular complexity index is 403. The van der Waals surface area contributed by atoms with Crippen LogP contribution in [-0.4, -0.2) is 20.2 Å². The molecule has 0 atom stereocenters. The Kier molecular flexibility index (Phi) is 1.59. The van der Waals surface area contributed by atoms with Crippen molar-refractivity contribution in [1.82, 2.24) is 20.2 Å². The summed E-state index contributed by atoms with van der Waals surface area (Å²) in [6.45, 7) is 0. The molecule has 0 aliphatic heterocycles. The molecule has 0 saturated heterocycles. The van der Waals surface area contributed by atoms with Crippen LogP contribution in [0, 0.1) is 0 Å². The number of nitrogens with two attached hydrogens (primary N) is 2. The lowest BCUT2D eigenvalue weighted by Gasteiger charge is -1.94. The van der Waals surface area contributed by atoms with Crippen LogP contribution in [-0.2, 0) is 0 Å². The van der Waals surface area contributed by atoms with Crippen LogP contribution in [0.25, 0.3) is 11.5 Å². The van der Waals surface area contributed by atoms with Gasteiger partial charge < -0.3 is 11.5 Å². The summed E-state index contributed by atoms with van der Waals surface area (Å²) >= 11 is 0. The summed E-state index contributed by atoms with van der Waals surface area (Å²) < 4.78 is 0. The molecule has 0 saturated carbocycles. The van der Waals surface area contributed by atoms with Crippen molar-refractivity contribution in [3.63, 3.8) is 0 Å². The number of anilines is 2. The van der Waals surface area contributed by atoms with Crippen molar-refractivity contribution in [1.29, 1.82) is 0 Å². The van der Waals surface area contributed by atoms with Crippen molar-refractivity contribution in [3.05, 3.63) is 18.3 Å². The first-order valence-corrected chi connectivity index (χ1v) is 3.65. The van der Waals surface area contributed by atoms with Crippen LogP contribution in [0.15, 0.2) is 18.3 Å². The lowest BCUT2D eigenvalue weighted by Crippen LogP contribution is -1.89. The fraction of sp³-hybridized carbons (Fsp3) is 0. The van der Waals surface area contributed by atoms with Crippen molar-refractivity contribution in [2.24, 2.45) is 0 Å². The van der Waals surface area contributed by atoms with E-state index < -0.39 is 0 Å². The summed E-state index contributed by atoms with van der Waals surface area (Å²) in [6, 6.07) is 3.48. The molecule has 2 rings (SSSR count). The van der Waals surface area contributed by atoms with Gasteiger partial charge in [0.15, 0.2) is 5.82 Å². The van der Waals surface area contributed by atoms with E-state index in [1.807, 2.05) is 0 Å². The van der Waals surface area contributed by atoms with Crippen LogP contribution in [0.2, 0.25) is 0 Å². The monoisotopic (exact) mass is 176 g/mol. The van der Waals surface area contributed by atoms with Crippen LogP contribution >= 0.6 is 0 Å². The lowest BCUT2D eigenvalue weighted by molar-refractivity contribution is 1.09. The average Bonchev–Trinajstić information content (AvgIpc) is 2.53. The van der Waals surface area contributed by atoms with Crippen molar-refractivity contribution in [2.45, 2.75) is 0 Å². The molecule has 2 aromatic rings. The highest BCUT2D eigenvalue weighted by Crippen LogP contribution is 2.12. The van der Waals surface area contributed by atoms with E-state index in [0.29, 0.717) is 17.2 Å². The predicted octanol–water partition coefficient (Wildman–Crippen LogP) is 0.0311. The predicted molar refractivity (Wildman–Crippen MR) is 48.4 cm³/mol. The quantitative estimate of drug-likeness (QED) is 0.568. The van der Waals surface area contributed by atoms with E-state index >= 15 is 0 Å². The van der Waals surface area contributed by atoms with E-state index in [2.05, 4.69) is 20.2 Å². The van der Waals surface area contributed by atoms with Gasteiger partial charge in [0.2, 0.25) is 5.95 Å². The second-order valence-corrected chi connectivity index (χ2v) is 2.52. The summed E-state index contributed by atoms with van der Waals surface area (Å²) in [5.74, 6) is 0.742. The Balaban J connectivity index is 2.41. The SMILES string of the molecule is Nc1ccc(-c2nc(N)n[nH]2)nc1. The molecule has 0 aliphatic carbocycles. The summed E-state index contributed by atoms with van der Waals surface area (Å²) in [4.78, 5) is 7.97. The number of hydrogen-bond donors (Lipinski definition) is 3. The van der Waals surface area contributed by atoms with Crippen LogP contribution in [0.4, 0.5) is 11.6 Å². The number of aromatic nitrogens is 4. The zero-order valence-corrected chi connectivity index (χ0v) is 6.73. The van der Waals surface area contributed by atoms with Crippen LogP contribution in [0.1, 0.15) is 0 Å². The molecule has 0 spiro atoms. The van der Waals surface area contributed by atoms with Gasteiger partial charge in [0.1, 0.15) is 5.69 Å². The molecule has 0 aliphatic rings. The molecule has 0 aromatic carbocycles. The third kappa shape index (κ3) is 1.41. The largest absolute Gasteiger partial charge is 0.397 e. The van der Waals surface area contributed by atoms with E-state index in [4.69, 9.17) is 11.5 Å². The summed E-state index contributed by atoms with van der Waals surface area (Å²) in [5, 5.41) is 6.34. The maximum absolute atomic E-state index is 5.48. The number of rotatable bonds is 1. The Hall–Kier alpha value is -2.11. The molecule has 66 valence electrons. The van der Waals surface area contributed by atoms with Crippen molar-refractivity contribution in [2.75, 3.05) is 11.5 Å². The number of nitrogen functional groups attached to an aromatic ring is 2. The summed E-state index contributed by atoms with van der Waals surface area (Å²) in [7, 11) is 0. The third-order valence-electron chi connectivity index (χ3n) is 1.53. The summed E-state index contributed by atoms with van der Waals surface area (Å²) in [5.41, 5.74) is 12.1. The molecule has 0 amide bonds. The van der Waals surface area contributed by atoms with Gasteiger partial charge in [0.25, 0.3) is 0 Å². The van der Waals surface area contributed by atoms with E-state index in [0.717, 1.165) is 0 Å². The van der Waals surface area contributed by atoms with Crippen LogP contribution in [0.5, 0.6) is 0 Å². The van der Waals surface area contributed by atoms with E-state index in [1.165, 1.54) is 0 Å². The minimum Gasteiger partial charge on any atom is -0.397 e. The topological polar surface area (TPSA) is 106 Å². The first kappa shape index (κ1) is 7.53. The van der Waals surface area contributed by atoms with E-state index in [1.54, 1.807) is 18.3 Å². The lowest BCUT2D eigenvalue weighted by atomic mass is 10.3. The van der Waals surface area contributed by atoms with Gasteiger partial charge in [-0.2, -0.15) is 4.98 Å². The highest BCUT2D eigenvalue weighted by Gasteiger charge is 2.03. The van der Waals surface area contributed by atoms with E-state index in [9.17, 15) is 0 Å². The molecule has 0 bridgehead atoms. The van der Waals surface area contributed by atoms with Gasteiger partial charge in [-0.05, 0) is 12.1 Å². The zero-order valence-electron chi connectivity index (χ0n) is 6.73. The molecule has 5 N–H and O–H groups in total. The number of hydrogen-bond acceptors (Lipinski definition) is 5. The number of aromatic amines is 1. The maximum Gasteiger partial charge on any atom is 0.239 e. The number of pyridine rings is 1. The average molecular weight is 176 g/mol. The first-order chi connectivity index (χ1) is 6.25. The van der Waals surface area contributed by atoms with Crippen molar-refractivity contribution >= 4 is 11.6 Å². The standard InChI is InChI=1S/C7H8N6/c8-4-1-2-5(10-3-4)6-11-7(9)13-12-6/h1-3H,8H2,(H3,9,11,12,13). The van der Waals surface area contributed by atoms with E-state index in [-0.39, 0.29) is 5.95 Å². The Morgan fingerprint density at radius 2 is 2.08 bits per heavy atom. The fourth-order valence-corrected chi connectivity index (χ4v) is 0.935. The Morgan fingerprint density at radius 1 is 1.23 bits per heavy atom. The molecule has 0 radical (unpaired) electrons. The molecule has 0 fully saturated rings. The third-order valence-corrected chi connectivity index (χ3v) is 1.53. The number of nitrogens with zero attached hydrogens (tertiary/aromatic N) is 3. The molecule has 2 aromatic heterocycles. The molecule has 2 heterocycles. The number of H-pyrrole nitrogens is 1. The Morgan fingerprint density at radius 3 is 2.62 bits per heavy atom. The van der Waals surface area contributed by atoms with Crippen LogP contribution < -0.4 is 11.5 Å². The minimum atomic E-state index is 0.202. The zero-order chi connectivity index (χ0) is 9.26. The van der Waals surface area contributed by atoms with Gasteiger partial charge in [-0.25, -0.2) is 0 Å². The van der Waals surface area contributed by atoms with Gasteiger partial charge in [-0.15, -0.1) is 5.10 Å². The molecule has 6 heteroatoms. The fourth-order valence-electron chi connectivity index (χ4n) is 0.935. The Labute approximate surface area is 74.0 Å². The first-order valence-electron chi connectivity index (χ1n) is 3.65. The van der Waals surface area contributed by atoms with Gasteiger partial charge in [0.05, 0.1) is 11.9 Å². The van der Waals surface area contributed by atoms with Gasteiger partial charge in [-0.3, -0.25) is 10.1 Å². The second kappa shape index (κ2) is 2.74. The highest BCUT2D eigenvalue weighted by molar-refractivity contribution is 5.52. The van der Waals surface area contributed by atoms with Crippen LogP contribution in [0.3, 0.4) is 0 Å². The summed E-state index contributed by atoms with van der Waals surface area (Å²) in [6.07, 6.45) is 1.55. The smallest absolute Gasteiger partial charge is 0.239 e. The van der Waals surface area contributed by atoms with Gasteiger partial charge >= 0.3 is 0 Å². The number of nitrogens with one attached hydrogen (secondary N) is 1. The van der Waals surface area contributed by atoms with Crippen molar-refractivity contribution < 1.29 is 0 Å². The normalized spacial score (nSPS) is 10.2. The molecular weight excluding hydrogens is 168 g/mol. The molecule has 6 nitrogen and oxygen atoms in total. The molecular formula is C7H8N6. The molecule has 0 unspecified atom stereocenters.